The van der Waals surface area contributed by atoms with E-state index in [9.17, 15) is 4.79 Å². The first-order chi connectivity index (χ1) is 13.0. The van der Waals surface area contributed by atoms with Crippen molar-refractivity contribution in [2.75, 3.05) is 18.4 Å². The normalized spacial score (nSPS) is 17.5. The van der Waals surface area contributed by atoms with E-state index in [4.69, 9.17) is 9.97 Å². The molecule has 1 amide bonds. The molecule has 1 aliphatic carbocycles. The number of aryl methyl sites for hydroxylation is 1. The summed E-state index contributed by atoms with van der Waals surface area (Å²) in [6.07, 6.45) is 3.35. The lowest BCUT2D eigenvalue weighted by Crippen LogP contribution is -2.31. The zero-order valence-corrected chi connectivity index (χ0v) is 15.6. The molecule has 138 valence electrons. The molecule has 5 rings (SSSR count). The van der Waals surface area contributed by atoms with Crippen LogP contribution in [0.1, 0.15) is 41.5 Å². The lowest BCUT2D eigenvalue weighted by Gasteiger charge is -2.14. The van der Waals surface area contributed by atoms with Crippen LogP contribution in [0.3, 0.4) is 0 Å². The molecular weight excluding hydrogens is 338 g/mol. The van der Waals surface area contributed by atoms with E-state index in [0.717, 1.165) is 58.0 Å². The van der Waals surface area contributed by atoms with Crippen molar-refractivity contribution >= 4 is 22.8 Å². The Morgan fingerprint density at radius 2 is 2.07 bits per heavy atom. The number of para-hydroxylation sites is 1. The molecule has 3 heterocycles. The molecular formula is C21H23N5O. The van der Waals surface area contributed by atoms with E-state index in [1.165, 1.54) is 12.8 Å². The number of hydrogen-bond acceptors (Lipinski definition) is 4. The van der Waals surface area contributed by atoms with E-state index in [-0.39, 0.29) is 5.91 Å². The number of carbonyl (C=O) groups excluding carboxylic acids is 1. The van der Waals surface area contributed by atoms with Crippen molar-refractivity contribution < 1.29 is 4.79 Å². The van der Waals surface area contributed by atoms with Crippen LogP contribution in [0.5, 0.6) is 0 Å². The third-order valence-electron chi connectivity index (χ3n) is 5.75. The first kappa shape index (κ1) is 16.3. The van der Waals surface area contributed by atoms with Gasteiger partial charge in [-0.1, -0.05) is 19.1 Å². The summed E-state index contributed by atoms with van der Waals surface area (Å²) in [5.74, 6) is 0.832. The van der Waals surface area contributed by atoms with Gasteiger partial charge >= 0.3 is 0 Å². The van der Waals surface area contributed by atoms with E-state index in [1.54, 1.807) is 0 Å². The van der Waals surface area contributed by atoms with Crippen LogP contribution in [0.2, 0.25) is 0 Å². The number of anilines is 1. The number of aromatic nitrogens is 3. The maximum atomic E-state index is 12.1. The largest absolute Gasteiger partial charge is 0.368 e. The molecule has 27 heavy (non-hydrogen) atoms. The molecule has 1 aromatic carbocycles. The molecule has 2 aromatic heterocycles. The van der Waals surface area contributed by atoms with Crippen molar-refractivity contribution in [3.8, 4) is 11.3 Å². The van der Waals surface area contributed by atoms with Gasteiger partial charge in [-0.15, -0.1) is 0 Å². The van der Waals surface area contributed by atoms with E-state index >= 15 is 0 Å². The lowest BCUT2D eigenvalue weighted by molar-refractivity contribution is 0.0946. The number of nitrogens with one attached hydrogen (secondary N) is 3. The van der Waals surface area contributed by atoms with Crippen molar-refractivity contribution in [2.45, 2.75) is 33.1 Å². The van der Waals surface area contributed by atoms with Gasteiger partial charge in [0.15, 0.2) is 0 Å². The quantitative estimate of drug-likeness (QED) is 0.665. The SMILES string of the molecule is Cc1nc2cccc(-c3cc4c([nH]3)CCNC4=O)c2nc1NCC1(C)CC1. The van der Waals surface area contributed by atoms with Gasteiger partial charge < -0.3 is 15.6 Å². The smallest absolute Gasteiger partial charge is 0.253 e. The first-order valence-electron chi connectivity index (χ1n) is 9.54. The summed E-state index contributed by atoms with van der Waals surface area (Å²) in [7, 11) is 0. The predicted molar refractivity (Wildman–Crippen MR) is 106 cm³/mol. The fourth-order valence-electron chi connectivity index (χ4n) is 3.68. The van der Waals surface area contributed by atoms with Gasteiger partial charge in [0.25, 0.3) is 5.91 Å². The monoisotopic (exact) mass is 361 g/mol. The van der Waals surface area contributed by atoms with Gasteiger partial charge in [-0.05, 0) is 37.3 Å². The Morgan fingerprint density at radius 3 is 2.85 bits per heavy atom. The van der Waals surface area contributed by atoms with Crippen LogP contribution in [0, 0.1) is 12.3 Å². The average Bonchev–Trinajstić information content (AvgIpc) is 3.22. The summed E-state index contributed by atoms with van der Waals surface area (Å²) in [6, 6.07) is 7.94. The van der Waals surface area contributed by atoms with E-state index < -0.39 is 0 Å². The first-order valence-corrected chi connectivity index (χ1v) is 9.54. The Labute approximate surface area is 157 Å². The van der Waals surface area contributed by atoms with Crippen LogP contribution in [-0.2, 0) is 6.42 Å². The number of carbonyl (C=O) groups is 1. The fraction of sp³-hybridized carbons (Fsp3) is 0.381. The van der Waals surface area contributed by atoms with Crippen LogP contribution in [-0.4, -0.2) is 33.9 Å². The van der Waals surface area contributed by atoms with E-state index in [1.807, 2.05) is 31.2 Å². The third-order valence-corrected chi connectivity index (χ3v) is 5.75. The highest BCUT2D eigenvalue weighted by molar-refractivity contribution is 5.99. The molecule has 0 unspecified atom stereocenters. The molecule has 6 nitrogen and oxygen atoms in total. The van der Waals surface area contributed by atoms with Gasteiger partial charge in [0.1, 0.15) is 11.3 Å². The highest BCUT2D eigenvalue weighted by atomic mass is 16.1. The zero-order valence-electron chi connectivity index (χ0n) is 15.6. The van der Waals surface area contributed by atoms with Gasteiger partial charge in [0.2, 0.25) is 0 Å². The Kier molecular flexibility index (Phi) is 3.50. The minimum atomic E-state index is -0.0130. The summed E-state index contributed by atoms with van der Waals surface area (Å²) in [5.41, 5.74) is 6.64. The molecule has 2 aliphatic rings. The van der Waals surface area contributed by atoms with Crippen molar-refractivity contribution in [3.05, 3.63) is 41.2 Å². The predicted octanol–water partition coefficient (Wildman–Crippen LogP) is 3.43. The second-order valence-corrected chi connectivity index (χ2v) is 8.08. The van der Waals surface area contributed by atoms with Gasteiger partial charge in [-0.3, -0.25) is 4.79 Å². The molecule has 1 fully saturated rings. The summed E-state index contributed by atoms with van der Waals surface area (Å²) in [5, 5.41) is 6.39. The molecule has 3 aromatic rings. The highest BCUT2D eigenvalue weighted by Gasteiger charge is 2.37. The van der Waals surface area contributed by atoms with Gasteiger partial charge in [0.05, 0.1) is 16.8 Å². The van der Waals surface area contributed by atoms with Gasteiger partial charge in [-0.2, -0.15) is 0 Å². The number of amides is 1. The summed E-state index contributed by atoms with van der Waals surface area (Å²) in [6.45, 7) is 5.89. The van der Waals surface area contributed by atoms with Crippen LogP contribution in [0.25, 0.3) is 22.3 Å². The minimum Gasteiger partial charge on any atom is -0.368 e. The lowest BCUT2D eigenvalue weighted by atomic mass is 10.1. The number of hydrogen-bond donors (Lipinski definition) is 3. The number of H-pyrrole nitrogens is 1. The Bertz CT molecular complexity index is 1060. The standard InChI is InChI=1S/C21H23N5O/c1-12-19(23-11-21(2)7-8-21)26-18-13(4-3-5-16(18)24-12)17-10-14-15(25-17)6-9-22-20(14)27/h3-5,10,25H,6-9,11H2,1-2H3,(H,22,27)(H,23,26). The van der Waals surface area contributed by atoms with Crippen LogP contribution in [0.4, 0.5) is 5.82 Å². The second-order valence-electron chi connectivity index (χ2n) is 8.08. The third kappa shape index (κ3) is 2.85. The summed E-state index contributed by atoms with van der Waals surface area (Å²) < 4.78 is 0. The number of rotatable bonds is 4. The topological polar surface area (TPSA) is 82.7 Å². The molecule has 1 saturated carbocycles. The van der Waals surface area contributed by atoms with E-state index in [0.29, 0.717) is 12.0 Å². The second kappa shape index (κ2) is 5.81. The van der Waals surface area contributed by atoms with Gasteiger partial charge in [0, 0.05) is 36.5 Å². The van der Waals surface area contributed by atoms with Crippen molar-refractivity contribution in [3.63, 3.8) is 0 Å². The minimum absolute atomic E-state index is 0.0130. The van der Waals surface area contributed by atoms with Crippen molar-refractivity contribution in [1.82, 2.24) is 20.3 Å². The molecule has 3 N–H and O–H groups in total. The molecule has 0 atom stereocenters. The van der Waals surface area contributed by atoms with Crippen molar-refractivity contribution in [1.29, 1.82) is 0 Å². The van der Waals surface area contributed by atoms with Crippen LogP contribution < -0.4 is 10.6 Å². The molecule has 0 radical (unpaired) electrons. The molecule has 6 heteroatoms. The number of aromatic amines is 1. The summed E-state index contributed by atoms with van der Waals surface area (Å²) >= 11 is 0. The molecule has 0 bridgehead atoms. The highest BCUT2D eigenvalue weighted by Crippen LogP contribution is 2.44. The van der Waals surface area contributed by atoms with E-state index in [2.05, 4.69) is 22.5 Å². The number of benzene rings is 1. The van der Waals surface area contributed by atoms with Gasteiger partial charge in [-0.25, -0.2) is 9.97 Å². The molecule has 0 saturated heterocycles. The van der Waals surface area contributed by atoms with Crippen LogP contribution >= 0.6 is 0 Å². The Balaban J connectivity index is 1.59. The maximum absolute atomic E-state index is 12.1. The van der Waals surface area contributed by atoms with Crippen LogP contribution in [0.15, 0.2) is 24.3 Å². The summed E-state index contributed by atoms with van der Waals surface area (Å²) in [4.78, 5) is 25.2. The molecule has 0 spiro atoms. The fourth-order valence-corrected chi connectivity index (χ4v) is 3.68. The Hall–Kier alpha value is -2.89. The maximum Gasteiger partial charge on any atom is 0.253 e. The zero-order chi connectivity index (χ0) is 18.6. The number of nitrogens with zero attached hydrogens (tertiary/aromatic N) is 2. The number of fused-ring (bicyclic) bond motifs is 2. The van der Waals surface area contributed by atoms with Crippen molar-refractivity contribution in [2.24, 2.45) is 5.41 Å². The Morgan fingerprint density at radius 1 is 1.22 bits per heavy atom. The average molecular weight is 361 g/mol. The molecule has 1 aliphatic heterocycles.